The Hall–Kier alpha value is -5.62. The standard InChI is InChI=1S/C42H23N3S2/c1-2-12-24(13-3-1)38-41-39(29-18-8-11-21-33(29)47-41)44-42(43-38)45-31-19-9-6-16-27(31)36-26-15-5-4-14-25(26)35-30(40(36)45)22-23-34-37(35)28-17-7-10-20-32(28)46-34/h1-23H. The van der Waals surface area contributed by atoms with Gasteiger partial charge in [0.2, 0.25) is 5.95 Å². The van der Waals surface area contributed by atoms with Crippen LogP contribution in [0.1, 0.15) is 0 Å². The summed E-state index contributed by atoms with van der Waals surface area (Å²) in [6.07, 6.45) is 0. The van der Waals surface area contributed by atoms with Crippen LogP contribution in [0.5, 0.6) is 0 Å². The molecule has 11 rings (SSSR count). The topological polar surface area (TPSA) is 30.7 Å². The number of fused-ring (bicyclic) bond motifs is 15. The molecule has 0 spiro atoms. The molecule has 47 heavy (non-hydrogen) atoms. The summed E-state index contributed by atoms with van der Waals surface area (Å²) in [6, 6.07) is 50.2. The average Bonchev–Trinajstić information content (AvgIpc) is 3.81. The second-order valence-corrected chi connectivity index (χ2v) is 14.2. The van der Waals surface area contributed by atoms with Crippen molar-refractivity contribution < 1.29 is 0 Å². The van der Waals surface area contributed by atoms with Crippen LogP contribution < -0.4 is 0 Å². The Morgan fingerprint density at radius 3 is 1.87 bits per heavy atom. The summed E-state index contributed by atoms with van der Waals surface area (Å²) in [6.45, 7) is 0. The molecule has 11 aromatic rings. The molecule has 0 aliphatic rings. The van der Waals surface area contributed by atoms with Crippen LogP contribution in [-0.2, 0) is 0 Å². The lowest BCUT2D eigenvalue weighted by Crippen LogP contribution is -2.03. The summed E-state index contributed by atoms with van der Waals surface area (Å²) in [4.78, 5) is 10.9. The number of aromatic nitrogens is 3. The van der Waals surface area contributed by atoms with Crippen molar-refractivity contribution in [1.29, 1.82) is 0 Å². The smallest absolute Gasteiger partial charge is 0.235 e. The highest BCUT2D eigenvalue weighted by Gasteiger charge is 2.24. The van der Waals surface area contributed by atoms with E-state index in [0.29, 0.717) is 5.95 Å². The first kappa shape index (κ1) is 25.6. The molecule has 0 aliphatic heterocycles. The second kappa shape index (κ2) is 9.46. The van der Waals surface area contributed by atoms with E-state index in [4.69, 9.17) is 9.97 Å². The summed E-state index contributed by atoms with van der Waals surface area (Å²) < 4.78 is 7.28. The number of benzene rings is 7. The number of para-hydroxylation sites is 1. The van der Waals surface area contributed by atoms with Crippen molar-refractivity contribution in [3.63, 3.8) is 0 Å². The van der Waals surface area contributed by atoms with E-state index in [2.05, 4.69) is 144 Å². The molecule has 3 nitrogen and oxygen atoms in total. The number of hydrogen-bond donors (Lipinski definition) is 0. The zero-order valence-corrected chi connectivity index (χ0v) is 26.6. The fraction of sp³-hybridized carbons (Fsp3) is 0. The number of thiophene rings is 2. The van der Waals surface area contributed by atoms with Crippen molar-refractivity contribution >= 4 is 106 Å². The van der Waals surface area contributed by atoms with Gasteiger partial charge in [0, 0.05) is 57.4 Å². The van der Waals surface area contributed by atoms with Gasteiger partial charge in [0.25, 0.3) is 0 Å². The highest BCUT2D eigenvalue weighted by atomic mass is 32.1. The molecule has 4 aromatic heterocycles. The lowest BCUT2D eigenvalue weighted by Gasteiger charge is -2.13. The zero-order valence-electron chi connectivity index (χ0n) is 24.9. The summed E-state index contributed by atoms with van der Waals surface area (Å²) in [5.41, 5.74) is 5.31. The average molecular weight is 634 g/mol. The fourth-order valence-corrected chi connectivity index (χ4v) is 9.93. The van der Waals surface area contributed by atoms with Gasteiger partial charge in [-0.1, -0.05) is 115 Å². The van der Waals surface area contributed by atoms with Gasteiger partial charge in [-0.05, 0) is 35.0 Å². The van der Waals surface area contributed by atoms with E-state index in [1.54, 1.807) is 11.3 Å². The summed E-state index contributed by atoms with van der Waals surface area (Å²) >= 11 is 3.64. The van der Waals surface area contributed by atoms with E-state index in [-0.39, 0.29) is 0 Å². The van der Waals surface area contributed by atoms with Crippen LogP contribution in [0.25, 0.3) is 101 Å². The first-order valence-electron chi connectivity index (χ1n) is 15.8. The third kappa shape index (κ3) is 3.45. The third-order valence-corrected chi connectivity index (χ3v) is 11.9. The Labute approximate surface area is 276 Å². The molecule has 0 aliphatic carbocycles. The van der Waals surface area contributed by atoms with E-state index in [1.165, 1.54) is 57.2 Å². The van der Waals surface area contributed by atoms with Crippen molar-refractivity contribution in [1.82, 2.24) is 14.5 Å². The van der Waals surface area contributed by atoms with Crippen molar-refractivity contribution in [3.05, 3.63) is 140 Å². The molecule has 218 valence electrons. The number of hydrogen-bond acceptors (Lipinski definition) is 4. The Balaban J connectivity index is 1.40. The minimum Gasteiger partial charge on any atom is -0.277 e. The van der Waals surface area contributed by atoms with Crippen LogP contribution in [0.15, 0.2) is 140 Å². The van der Waals surface area contributed by atoms with E-state index in [1.807, 2.05) is 11.3 Å². The Morgan fingerprint density at radius 2 is 1.06 bits per heavy atom. The monoisotopic (exact) mass is 633 g/mol. The van der Waals surface area contributed by atoms with Crippen molar-refractivity contribution in [2.24, 2.45) is 0 Å². The van der Waals surface area contributed by atoms with E-state index in [0.717, 1.165) is 37.9 Å². The normalized spacial score (nSPS) is 12.3. The molecule has 4 heterocycles. The van der Waals surface area contributed by atoms with Gasteiger partial charge in [-0.3, -0.25) is 4.57 Å². The zero-order chi connectivity index (χ0) is 30.6. The first-order valence-corrected chi connectivity index (χ1v) is 17.4. The molecule has 0 radical (unpaired) electrons. The molecule has 0 atom stereocenters. The van der Waals surface area contributed by atoms with Gasteiger partial charge in [0.1, 0.15) is 0 Å². The Morgan fingerprint density at radius 1 is 0.426 bits per heavy atom. The highest BCUT2D eigenvalue weighted by Crippen LogP contribution is 2.47. The van der Waals surface area contributed by atoms with Gasteiger partial charge >= 0.3 is 0 Å². The molecule has 0 saturated carbocycles. The predicted molar refractivity (Wildman–Crippen MR) is 203 cm³/mol. The molecular weight excluding hydrogens is 611 g/mol. The quantitative estimate of drug-likeness (QED) is 0.177. The predicted octanol–water partition coefficient (Wildman–Crippen LogP) is 12.3. The molecule has 0 bridgehead atoms. The maximum Gasteiger partial charge on any atom is 0.235 e. The lowest BCUT2D eigenvalue weighted by molar-refractivity contribution is 1.02. The number of rotatable bonds is 2. The maximum absolute atomic E-state index is 5.46. The minimum absolute atomic E-state index is 0.693. The summed E-state index contributed by atoms with van der Waals surface area (Å²) in [5.74, 6) is 0.693. The molecule has 0 amide bonds. The Kier molecular flexibility index (Phi) is 5.14. The summed E-state index contributed by atoms with van der Waals surface area (Å²) in [7, 11) is 0. The van der Waals surface area contributed by atoms with Gasteiger partial charge in [0.15, 0.2) is 0 Å². The van der Waals surface area contributed by atoms with Gasteiger partial charge in [-0.15, -0.1) is 22.7 Å². The molecule has 0 saturated heterocycles. The second-order valence-electron chi connectivity index (χ2n) is 12.1. The molecule has 5 heteroatoms. The molecule has 0 unspecified atom stereocenters. The fourth-order valence-electron chi connectivity index (χ4n) is 7.66. The third-order valence-electron chi connectivity index (χ3n) is 9.59. The van der Waals surface area contributed by atoms with Crippen molar-refractivity contribution in [3.8, 4) is 17.2 Å². The first-order chi connectivity index (χ1) is 23.3. The Bertz CT molecular complexity index is 3070. The van der Waals surface area contributed by atoms with Gasteiger partial charge in [0.05, 0.1) is 26.9 Å². The van der Waals surface area contributed by atoms with Gasteiger partial charge in [-0.2, -0.15) is 0 Å². The molecular formula is C42H23N3S2. The molecule has 0 fully saturated rings. The van der Waals surface area contributed by atoms with Gasteiger partial charge < -0.3 is 0 Å². The SMILES string of the molecule is c1ccc(-c2nc(-n3c4ccccc4c4c5ccccc5c5c(ccc6sc7ccccc7c65)c43)nc3c2sc2ccccc23)cc1. The van der Waals surface area contributed by atoms with Gasteiger partial charge in [-0.25, -0.2) is 9.97 Å². The van der Waals surface area contributed by atoms with E-state index >= 15 is 0 Å². The van der Waals surface area contributed by atoms with Crippen molar-refractivity contribution in [2.45, 2.75) is 0 Å². The molecule has 0 N–H and O–H groups in total. The highest BCUT2D eigenvalue weighted by molar-refractivity contribution is 7.26. The largest absolute Gasteiger partial charge is 0.277 e. The van der Waals surface area contributed by atoms with Crippen LogP contribution in [0.2, 0.25) is 0 Å². The van der Waals surface area contributed by atoms with E-state index in [9.17, 15) is 0 Å². The van der Waals surface area contributed by atoms with Crippen LogP contribution in [0.3, 0.4) is 0 Å². The van der Waals surface area contributed by atoms with Crippen LogP contribution >= 0.6 is 22.7 Å². The lowest BCUT2D eigenvalue weighted by atomic mass is 9.94. The minimum atomic E-state index is 0.693. The van der Waals surface area contributed by atoms with E-state index < -0.39 is 0 Å². The van der Waals surface area contributed by atoms with Crippen LogP contribution in [0, 0.1) is 0 Å². The maximum atomic E-state index is 5.46. The summed E-state index contributed by atoms with van der Waals surface area (Å²) in [5, 5.41) is 11.3. The van der Waals surface area contributed by atoms with Crippen LogP contribution in [0.4, 0.5) is 0 Å². The van der Waals surface area contributed by atoms with Crippen LogP contribution in [-0.4, -0.2) is 14.5 Å². The molecule has 7 aromatic carbocycles. The number of nitrogens with zero attached hydrogens (tertiary/aromatic N) is 3. The van der Waals surface area contributed by atoms with Crippen molar-refractivity contribution in [2.75, 3.05) is 0 Å².